The maximum atomic E-state index is 5.35. The Morgan fingerprint density at radius 2 is 2.17 bits per heavy atom. The summed E-state index contributed by atoms with van der Waals surface area (Å²) in [5.74, 6) is 0. The van der Waals surface area contributed by atoms with Crippen LogP contribution in [0.2, 0.25) is 0 Å². The Morgan fingerprint density at radius 1 is 1.42 bits per heavy atom. The number of hydrogen-bond donors (Lipinski definition) is 1. The Bertz CT molecular complexity index is 243. The predicted octanol–water partition coefficient (Wildman–Crippen LogP) is 1.42. The summed E-state index contributed by atoms with van der Waals surface area (Å²) >= 11 is 0. The van der Waals surface area contributed by atoms with Gasteiger partial charge in [0.25, 0.3) is 0 Å². The van der Waals surface area contributed by atoms with E-state index >= 15 is 0 Å². The van der Waals surface area contributed by atoms with Crippen LogP contribution in [0.3, 0.4) is 0 Å². The standard InChI is InChI=1S/C10H15N2/c1-12(2)10-5-3-4-9(8-10)6-7-11/h3-5,7-8H,6,11H2,1-2H3. The summed E-state index contributed by atoms with van der Waals surface area (Å²) in [5.41, 5.74) is 7.82. The van der Waals surface area contributed by atoms with Gasteiger partial charge < -0.3 is 10.6 Å². The highest BCUT2D eigenvalue weighted by Crippen LogP contribution is 2.13. The van der Waals surface area contributed by atoms with Crippen molar-refractivity contribution in [2.75, 3.05) is 19.0 Å². The van der Waals surface area contributed by atoms with Crippen LogP contribution in [0.25, 0.3) is 0 Å². The maximum absolute atomic E-state index is 5.35. The van der Waals surface area contributed by atoms with Crippen LogP contribution in [0.4, 0.5) is 5.69 Å². The highest BCUT2D eigenvalue weighted by Gasteiger charge is 1.95. The van der Waals surface area contributed by atoms with E-state index in [0.717, 1.165) is 6.42 Å². The van der Waals surface area contributed by atoms with Gasteiger partial charge in [0.1, 0.15) is 0 Å². The number of nitrogens with two attached hydrogens (primary N) is 1. The molecule has 0 aliphatic carbocycles. The lowest BCUT2D eigenvalue weighted by atomic mass is 10.1. The van der Waals surface area contributed by atoms with Crippen LogP contribution in [0, 0.1) is 6.54 Å². The largest absolute Gasteiger partial charge is 0.378 e. The SMILES string of the molecule is CN(C)c1cccc(C[CH]N)c1. The Labute approximate surface area is 74.0 Å². The van der Waals surface area contributed by atoms with Gasteiger partial charge in [0.2, 0.25) is 0 Å². The first-order valence-corrected chi connectivity index (χ1v) is 4.03. The van der Waals surface area contributed by atoms with Crippen LogP contribution < -0.4 is 10.6 Å². The Kier molecular flexibility index (Phi) is 3.11. The number of hydrogen-bond acceptors (Lipinski definition) is 2. The van der Waals surface area contributed by atoms with Crippen molar-refractivity contribution in [3.05, 3.63) is 36.4 Å². The van der Waals surface area contributed by atoms with Crippen molar-refractivity contribution in [1.29, 1.82) is 0 Å². The molecular weight excluding hydrogens is 148 g/mol. The first-order chi connectivity index (χ1) is 5.74. The van der Waals surface area contributed by atoms with Crippen molar-refractivity contribution in [2.24, 2.45) is 5.73 Å². The van der Waals surface area contributed by atoms with Gasteiger partial charge in [-0.1, -0.05) is 12.1 Å². The summed E-state index contributed by atoms with van der Waals surface area (Å²) in [4.78, 5) is 2.08. The van der Waals surface area contributed by atoms with Gasteiger partial charge in [-0.2, -0.15) is 0 Å². The van der Waals surface area contributed by atoms with E-state index in [1.165, 1.54) is 11.3 Å². The number of anilines is 1. The second-order valence-corrected chi connectivity index (χ2v) is 3.00. The lowest BCUT2D eigenvalue weighted by Gasteiger charge is -2.13. The molecule has 0 spiro atoms. The summed E-state index contributed by atoms with van der Waals surface area (Å²) in [7, 11) is 4.07. The quantitative estimate of drug-likeness (QED) is 0.730. The topological polar surface area (TPSA) is 29.3 Å². The van der Waals surface area contributed by atoms with E-state index < -0.39 is 0 Å². The molecule has 0 bridgehead atoms. The lowest BCUT2D eigenvalue weighted by molar-refractivity contribution is 1.08. The zero-order valence-electron chi connectivity index (χ0n) is 7.62. The maximum Gasteiger partial charge on any atom is 0.0363 e. The summed E-state index contributed by atoms with van der Waals surface area (Å²) in [6.45, 7) is 1.68. The van der Waals surface area contributed by atoms with Crippen molar-refractivity contribution >= 4 is 5.69 Å². The summed E-state index contributed by atoms with van der Waals surface area (Å²) < 4.78 is 0. The van der Waals surface area contributed by atoms with Gasteiger partial charge in [0, 0.05) is 26.3 Å². The van der Waals surface area contributed by atoms with Crippen LogP contribution >= 0.6 is 0 Å². The van der Waals surface area contributed by atoms with E-state index in [1.54, 1.807) is 6.54 Å². The molecule has 0 atom stereocenters. The second kappa shape index (κ2) is 4.12. The minimum Gasteiger partial charge on any atom is -0.378 e. The molecule has 1 aromatic rings. The molecule has 0 aliphatic heterocycles. The van der Waals surface area contributed by atoms with Crippen molar-refractivity contribution in [2.45, 2.75) is 6.42 Å². The molecule has 1 radical (unpaired) electrons. The molecule has 1 rings (SSSR count). The van der Waals surface area contributed by atoms with Gasteiger partial charge in [0.15, 0.2) is 0 Å². The third-order valence-electron chi connectivity index (χ3n) is 1.78. The van der Waals surface area contributed by atoms with E-state index in [0.29, 0.717) is 0 Å². The van der Waals surface area contributed by atoms with Crippen LogP contribution in [0.5, 0.6) is 0 Å². The van der Waals surface area contributed by atoms with Crippen LogP contribution in [-0.2, 0) is 6.42 Å². The van der Waals surface area contributed by atoms with Crippen molar-refractivity contribution < 1.29 is 0 Å². The molecule has 0 saturated heterocycles. The van der Waals surface area contributed by atoms with E-state index in [9.17, 15) is 0 Å². The van der Waals surface area contributed by atoms with E-state index in [-0.39, 0.29) is 0 Å². The molecule has 2 N–H and O–H groups in total. The molecular formula is C10H15N2. The highest BCUT2D eigenvalue weighted by atomic mass is 15.1. The highest BCUT2D eigenvalue weighted by molar-refractivity contribution is 5.47. The van der Waals surface area contributed by atoms with E-state index in [4.69, 9.17) is 5.73 Å². The number of rotatable bonds is 3. The first-order valence-electron chi connectivity index (χ1n) is 4.03. The molecule has 12 heavy (non-hydrogen) atoms. The average molecular weight is 163 g/mol. The fourth-order valence-electron chi connectivity index (χ4n) is 1.10. The molecule has 0 unspecified atom stereocenters. The molecule has 2 nitrogen and oxygen atoms in total. The molecule has 0 aliphatic rings. The molecule has 65 valence electrons. The second-order valence-electron chi connectivity index (χ2n) is 3.00. The molecule has 0 saturated carbocycles. The Hall–Kier alpha value is -1.02. The van der Waals surface area contributed by atoms with Crippen molar-refractivity contribution in [3.8, 4) is 0 Å². The predicted molar refractivity (Wildman–Crippen MR) is 53.0 cm³/mol. The van der Waals surface area contributed by atoms with Gasteiger partial charge in [-0.3, -0.25) is 0 Å². The molecule has 0 aromatic heterocycles. The van der Waals surface area contributed by atoms with Crippen LogP contribution in [0.15, 0.2) is 24.3 Å². The molecule has 0 fully saturated rings. The van der Waals surface area contributed by atoms with Gasteiger partial charge in [-0.25, -0.2) is 0 Å². The fraction of sp³-hybridized carbons (Fsp3) is 0.300. The zero-order chi connectivity index (χ0) is 8.97. The van der Waals surface area contributed by atoms with Gasteiger partial charge in [-0.15, -0.1) is 0 Å². The molecule has 0 heterocycles. The number of benzene rings is 1. The smallest absolute Gasteiger partial charge is 0.0363 e. The third-order valence-corrected chi connectivity index (χ3v) is 1.78. The van der Waals surface area contributed by atoms with E-state index in [2.05, 4.69) is 23.1 Å². The lowest BCUT2D eigenvalue weighted by Crippen LogP contribution is -2.08. The fourth-order valence-corrected chi connectivity index (χ4v) is 1.10. The molecule has 2 heteroatoms. The summed E-state index contributed by atoms with van der Waals surface area (Å²) in [6.07, 6.45) is 0.835. The summed E-state index contributed by atoms with van der Waals surface area (Å²) in [5, 5.41) is 0. The molecule has 0 amide bonds. The first kappa shape index (κ1) is 9.07. The third kappa shape index (κ3) is 2.24. The van der Waals surface area contributed by atoms with Crippen molar-refractivity contribution in [3.63, 3.8) is 0 Å². The average Bonchev–Trinajstić information content (AvgIpc) is 2.05. The van der Waals surface area contributed by atoms with Crippen LogP contribution in [-0.4, -0.2) is 14.1 Å². The monoisotopic (exact) mass is 163 g/mol. The van der Waals surface area contributed by atoms with Crippen LogP contribution in [0.1, 0.15) is 5.56 Å². The van der Waals surface area contributed by atoms with Crippen molar-refractivity contribution in [1.82, 2.24) is 0 Å². The minimum atomic E-state index is 0.835. The number of nitrogens with zero attached hydrogens (tertiary/aromatic N) is 1. The molecule has 1 aromatic carbocycles. The van der Waals surface area contributed by atoms with Gasteiger partial charge in [0.05, 0.1) is 0 Å². The van der Waals surface area contributed by atoms with Gasteiger partial charge >= 0.3 is 0 Å². The summed E-state index contributed by atoms with van der Waals surface area (Å²) in [6, 6.07) is 8.36. The minimum absolute atomic E-state index is 0.835. The normalized spacial score (nSPS) is 9.92. The van der Waals surface area contributed by atoms with Gasteiger partial charge in [-0.05, 0) is 24.1 Å². The Morgan fingerprint density at radius 3 is 2.75 bits per heavy atom. The zero-order valence-corrected chi connectivity index (χ0v) is 7.62. The Balaban J connectivity index is 2.81. The van der Waals surface area contributed by atoms with E-state index in [1.807, 2.05) is 20.2 Å².